The fraction of sp³-hybridized carbons (Fsp3) is 0.318. The van der Waals surface area contributed by atoms with Crippen LogP contribution in [0.25, 0.3) is 0 Å². The zero-order valence-electron chi connectivity index (χ0n) is 16.5. The van der Waals surface area contributed by atoms with E-state index >= 15 is 0 Å². The van der Waals surface area contributed by atoms with Crippen LogP contribution in [0.15, 0.2) is 55.0 Å². The van der Waals surface area contributed by atoms with Crippen LogP contribution in [0.2, 0.25) is 0 Å². The highest BCUT2D eigenvalue weighted by molar-refractivity contribution is 5.94. The maximum absolute atomic E-state index is 14.1. The van der Waals surface area contributed by atoms with Gasteiger partial charge < -0.3 is 9.47 Å². The molecule has 31 heavy (non-hydrogen) atoms. The van der Waals surface area contributed by atoms with Gasteiger partial charge in [-0.05, 0) is 43.2 Å². The van der Waals surface area contributed by atoms with Crippen LogP contribution in [0, 0.1) is 5.82 Å². The second kappa shape index (κ2) is 8.49. The van der Waals surface area contributed by atoms with Crippen molar-refractivity contribution < 1.29 is 22.4 Å². The number of rotatable bonds is 4. The van der Waals surface area contributed by atoms with Crippen LogP contribution in [0.3, 0.4) is 0 Å². The molecule has 3 heterocycles. The van der Waals surface area contributed by atoms with Crippen molar-refractivity contribution in [1.82, 2.24) is 19.4 Å². The van der Waals surface area contributed by atoms with E-state index in [4.69, 9.17) is 0 Å². The van der Waals surface area contributed by atoms with E-state index in [-0.39, 0.29) is 5.92 Å². The molecule has 0 spiro atoms. The molecular formula is C22H20F4N4O. The molecule has 5 nitrogen and oxygen atoms in total. The van der Waals surface area contributed by atoms with Gasteiger partial charge in [-0.15, -0.1) is 0 Å². The number of alkyl halides is 3. The number of piperidine rings is 1. The van der Waals surface area contributed by atoms with E-state index in [1.54, 1.807) is 12.4 Å². The summed E-state index contributed by atoms with van der Waals surface area (Å²) in [7, 11) is 0. The Morgan fingerprint density at radius 2 is 1.84 bits per heavy atom. The molecule has 3 aromatic rings. The SMILES string of the molecule is O=C(c1cc(C(F)(F)F)ccc1F)N1CCC(c2nccn2Cc2ccccn2)CC1. The Bertz CT molecular complexity index is 1060. The van der Waals surface area contributed by atoms with Gasteiger partial charge in [-0.1, -0.05) is 6.07 Å². The van der Waals surface area contributed by atoms with Gasteiger partial charge in [0.1, 0.15) is 11.6 Å². The van der Waals surface area contributed by atoms with Crippen molar-refractivity contribution >= 4 is 5.91 Å². The van der Waals surface area contributed by atoms with Gasteiger partial charge in [-0.2, -0.15) is 13.2 Å². The number of amides is 1. The summed E-state index contributed by atoms with van der Waals surface area (Å²) in [4.78, 5) is 22.9. The molecule has 2 aromatic heterocycles. The highest BCUT2D eigenvalue weighted by atomic mass is 19.4. The van der Waals surface area contributed by atoms with Gasteiger partial charge in [0.25, 0.3) is 5.91 Å². The molecule has 0 aliphatic carbocycles. The molecule has 1 aliphatic heterocycles. The number of aromatic nitrogens is 3. The monoisotopic (exact) mass is 432 g/mol. The van der Waals surface area contributed by atoms with Gasteiger partial charge in [-0.25, -0.2) is 9.37 Å². The molecule has 9 heteroatoms. The normalized spacial score (nSPS) is 15.3. The topological polar surface area (TPSA) is 51.0 Å². The van der Waals surface area contributed by atoms with Crippen LogP contribution in [0.5, 0.6) is 0 Å². The summed E-state index contributed by atoms with van der Waals surface area (Å²) in [5.41, 5.74) is -0.692. The van der Waals surface area contributed by atoms with E-state index in [9.17, 15) is 22.4 Å². The first-order valence-electron chi connectivity index (χ1n) is 9.90. The molecule has 162 valence electrons. The molecule has 1 aliphatic rings. The van der Waals surface area contributed by atoms with Gasteiger partial charge in [0.05, 0.1) is 23.4 Å². The molecule has 0 saturated carbocycles. The second-order valence-electron chi connectivity index (χ2n) is 7.49. The van der Waals surface area contributed by atoms with E-state index < -0.39 is 29.0 Å². The minimum Gasteiger partial charge on any atom is -0.339 e. The maximum atomic E-state index is 14.1. The highest BCUT2D eigenvalue weighted by Crippen LogP contribution is 2.32. The summed E-state index contributed by atoms with van der Waals surface area (Å²) in [5, 5.41) is 0. The van der Waals surface area contributed by atoms with Gasteiger partial charge in [-0.3, -0.25) is 9.78 Å². The molecule has 1 aromatic carbocycles. The average molecular weight is 432 g/mol. The lowest BCUT2D eigenvalue weighted by atomic mass is 9.95. The summed E-state index contributed by atoms with van der Waals surface area (Å²) in [6.45, 7) is 1.20. The van der Waals surface area contributed by atoms with Crippen molar-refractivity contribution in [3.63, 3.8) is 0 Å². The molecular weight excluding hydrogens is 412 g/mol. The number of nitrogens with zero attached hydrogens (tertiary/aromatic N) is 4. The molecule has 0 bridgehead atoms. The number of likely N-dealkylation sites (tertiary alicyclic amines) is 1. The van der Waals surface area contributed by atoms with E-state index in [1.807, 2.05) is 29.0 Å². The lowest BCUT2D eigenvalue weighted by Gasteiger charge is -2.32. The third-order valence-corrected chi connectivity index (χ3v) is 5.48. The third kappa shape index (κ3) is 4.60. The number of carbonyl (C=O) groups is 1. The minimum atomic E-state index is -4.64. The maximum Gasteiger partial charge on any atom is 0.416 e. The van der Waals surface area contributed by atoms with E-state index in [0.29, 0.717) is 50.7 Å². The largest absolute Gasteiger partial charge is 0.416 e. The van der Waals surface area contributed by atoms with E-state index in [2.05, 4.69) is 9.97 Å². The van der Waals surface area contributed by atoms with Crippen LogP contribution >= 0.6 is 0 Å². The molecule has 1 amide bonds. The molecule has 0 unspecified atom stereocenters. The predicted octanol–water partition coefficient (Wildman–Crippen LogP) is 4.50. The fourth-order valence-electron chi connectivity index (χ4n) is 3.86. The Balaban J connectivity index is 1.44. The standard InChI is InChI=1S/C22H20F4N4O/c23-19-5-4-16(22(24,25)26)13-18(19)21(31)29-10-6-15(7-11-29)20-28-9-12-30(20)14-17-3-1-2-8-27-17/h1-5,8-9,12-13,15H,6-7,10-11,14H2. The lowest BCUT2D eigenvalue weighted by molar-refractivity contribution is -0.137. The van der Waals surface area contributed by atoms with Crippen LogP contribution < -0.4 is 0 Å². The van der Waals surface area contributed by atoms with Gasteiger partial charge >= 0.3 is 6.18 Å². The quantitative estimate of drug-likeness (QED) is 0.571. The van der Waals surface area contributed by atoms with E-state index in [1.165, 1.54) is 4.90 Å². The average Bonchev–Trinajstić information content (AvgIpc) is 3.21. The lowest BCUT2D eigenvalue weighted by Crippen LogP contribution is -2.39. The number of carbonyl (C=O) groups excluding carboxylic acids is 1. The number of hydrogen-bond acceptors (Lipinski definition) is 3. The zero-order valence-corrected chi connectivity index (χ0v) is 16.5. The Morgan fingerprint density at radius 1 is 1.06 bits per heavy atom. The first-order chi connectivity index (χ1) is 14.8. The second-order valence-corrected chi connectivity index (χ2v) is 7.49. The zero-order chi connectivity index (χ0) is 22.0. The van der Waals surface area contributed by atoms with Crippen molar-refractivity contribution in [3.05, 3.63) is 83.5 Å². The molecule has 4 rings (SSSR count). The summed E-state index contributed by atoms with van der Waals surface area (Å²) < 4.78 is 54.9. The van der Waals surface area contributed by atoms with Crippen molar-refractivity contribution in [1.29, 1.82) is 0 Å². The Morgan fingerprint density at radius 3 is 2.52 bits per heavy atom. The highest BCUT2D eigenvalue weighted by Gasteiger charge is 2.33. The summed E-state index contributed by atoms with van der Waals surface area (Å²) in [6.07, 6.45) is 1.85. The van der Waals surface area contributed by atoms with Crippen LogP contribution in [0.1, 0.15) is 46.2 Å². The van der Waals surface area contributed by atoms with Gasteiger partial charge in [0.15, 0.2) is 0 Å². The van der Waals surface area contributed by atoms with Crippen LogP contribution in [0.4, 0.5) is 17.6 Å². The number of halogens is 4. The number of imidazole rings is 1. The third-order valence-electron chi connectivity index (χ3n) is 5.48. The first-order valence-corrected chi connectivity index (χ1v) is 9.90. The summed E-state index contributed by atoms with van der Waals surface area (Å²) in [5.74, 6) is -0.706. The predicted molar refractivity (Wildman–Crippen MR) is 105 cm³/mol. The van der Waals surface area contributed by atoms with Gasteiger partial charge in [0, 0.05) is 37.6 Å². The summed E-state index contributed by atoms with van der Waals surface area (Å²) >= 11 is 0. The number of pyridine rings is 1. The molecule has 0 radical (unpaired) electrons. The summed E-state index contributed by atoms with van der Waals surface area (Å²) in [6, 6.07) is 7.60. The van der Waals surface area contributed by atoms with Crippen molar-refractivity contribution in [3.8, 4) is 0 Å². The van der Waals surface area contributed by atoms with Crippen molar-refractivity contribution in [2.45, 2.75) is 31.5 Å². The Hall–Kier alpha value is -3.23. The Kier molecular flexibility index (Phi) is 5.75. The molecule has 0 atom stereocenters. The Labute approximate surface area is 176 Å². The minimum absolute atomic E-state index is 0.0918. The number of benzene rings is 1. The number of hydrogen-bond donors (Lipinski definition) is 0. The first kappa shape index (κ1) is 21.0. The molecule has 1 fully saturated rings. The van der Waals surface area contributed by atoms with Gasteiger partial charge in [0.2, 0.25) is 0 Å². The van der Waals surface area contributed by atoms with Crippen molar-refractivity contribution in [2.24, 2.45) is 0 Å². The molecule has 0 N–H and O–H groups in total. The van der Waals surface area contributed by atoms with Crippen LogP contribution in [-0.4, -0.2) is 38.4 Å². The van der Waals surface area contributed by atoms with Crippen LogP contribution in [-0.2, 0) is 12.7 Å². The smallest absolute Gasteiger partial charge is 0.339 e. The fourth-order valence-corrected chi connectivity index (χ4v) is 3.86. The van der Waals surface area contributed by atoms with Crippen molar-refractivity contribution in [2.75, 3.05) is 13.1 Å². The van der Waals surface area contributed by atoms with E-state index in [0.717, 1.165) is 11.5 Å². The molecule has 1 saturated heterocycles.